The highest BCUT2D eigenvalue weighted by molar-refractivity contribution is 5.92. The first-order chi connectivity index (χ1) is 21.6. The van der Waals surface area contributed by atoms with Crippen molar-refractivity contribution in [1.29, 1.82) is 0 Å². The predicted molar refractivity (Wildman–Crippen MR) is 177 cm³/mol. The number of hydrogen-bond acceptors (Lipinski definition) is 4. The van der Waals surface area contributed by atoms with Crippen LogP contribution in [-0.2, 0) is 20.4 Å². The van der Waals surface area contributed by atoms with Crippen molar-refractivity contribution in [2.75, 3.05) is 6.61 Å². The fourth-order valence-electron chi connectivity index (χ4n) is 8.27. The lowest BCUT2D eigenvalue weighted by Crippen LogP contribution is -2.39. The first-order valence-electron chi connectivity index (χ1n) is 15.7. The van der Waals surface area contributed by atoms with E-state index < -0.39 is 5.41 Å². The molecule has 4 nitrogen and oxygen atoms in total. The maximum Gasteiger partial charge on any atom is 0.307 e. The minimum Gasteiger partial charge on any atom is -0.466 e. The van der Waals surface area contributed by atoms with E-state index >= 15 is 0 Å². The van der Waals surface area contributed by atoms with Gasteiger partial charge in [-0.1, -0.05) is 98.3 Å². The molecule has 6 aromatic rings. The number of benzene rings is 4. The maximum atomic E-state index is 13.7. The number of esters is 1. The Morgan fingerprint density at radius 1 is 0.636 bits per heavy atom. The summed E-state index contributed by atoms with van der Waals surface area (Å²) in [5, 5.41) is 2.22. The molecule has 2 aliphatic carbocycles. The molecule has 2 aromatic heterocycles. The summed E-state index contributed by atoms with van der Waals surface area (Å²) in [6.07, 6.45) is 2.87. The van der Waals surface area contributed by atoms with Crippen molar-refractivity contribution < 1.29 is 9.53 Å². The summed E-state index contributed by atoms with van der Waals surface area (Å²) < 4.78 is 5.73. The van der Waals surface area contributed by atoms with Crippen LogP contribution in [0.2, 0.25) is 0 Å². The van der Waals surface area contributed by atoms with Crippen molar-refractivity contribution in [3.05, 3.63) is 131 Å². The van der Waals surface area contributed by atoms with Gasteiger partial charge in [0.05, 0.1) is 35.4 Å². The number of carbonyl (C=O) groups is 1. The van der Waals surface area contributed by atoms with Gasteiger partial charge in [0.15, 0.2) is 0 Å². The third kappa shape index (κ3) is 3.80. The number of rotatable bonds is 7. The minimum absolute atomic E-state index is 0.182. The molecule has 0 bridgehead atoms. The van der Waals surface area contributed by atoms with Crippen LogP contribution < -0.4 is 0 Å². The number of aromatic nitrogens is 2. The molecule has 2 heterocycles. The lowest BCUT2D eigenvalue weighted by Gasteiger charge is -2.42. The van der Waals surface area contributed by atoms with E-state index in [1.807, 2.05) is 13.0 Å². The lowest BCUT2D eigenvalue weighted by atomic mass is 9.60. The van der Waals surface area contributed by atoms with E-state index in [0.717, 1.165) is 62.7 Å². The Bertz CT molecular complexity index is 2100. The highest BCUT2D eigenvalue weighted by Crippen LogP contribution is 2.62. The summed E-state index contributed by atoms with van der Waals surface area (Å²) in [5.41, 5.74) is 10.1. The van der Waals surface area contributed by atoms with Gasteiger partial charge in [0.2, 0.25) is 0 Å². The molecule has 0 N–H and O–H groups in total. The van der Waals surface area contributed by atoms with Crippen LogP contribution in [0.15, 0.2) is 109 Å². The van der Waals surface area contributed by atoms with Gasteiger partial charge in [0.1, 0.15) is 0 Å². The monoisotopic (exact) mass is 574 g/mol. The van der Waals surface area contributed by atoms with Crippen LogP contribution in [-0.4, -0.2) is 22.5 Å². The second kappa shape index (κ2) is 10.1. The average molecular weight is 575 g/mol. The number of nitrogens with zero attached hydrogens (tertiary/aromatic N) is 2. The molecule has 0 aliphatic heterocycles. The third-order valence-electron chi connectivity index (χ3n) is 9.91. The molecule has 4 heteroatoms. The fraction of sp³-hybridized carbons (Fsp3) is 0.225. The Morgan fingerprint density at radius 2 is 1.14 bits per heavy atom. The zero-order valence-electron chi connectivity index (χ0n) is 25.1. The summed E-state index contributed by atoms with van der Waals surface area (Å²) in [6, 6.07) is 38.7. The fourth-order valence-corrected chi connectivity index (χ4v) is 8.27. The molecule has 0 amide bonds. The first kappa shape index (κ1) is 26.8. The topological polar surface area (TPSA) is 52.1 Å². The van der Waals surface area contributed by atoms with Crippen molar-refractivity contribution >= 4 is 27.8 Å². The molecule has 2 aliphatic rings. The second-order valence-corrected chi connectivity index (χ2v) is 12.3. The summed E-state index contributed by atoms with van der Waals surface area (Å²) in [7, 11) is 0. The molecule has 0 saturated carbocycles. The van der Waals surface area contributed by atoms with Gasteiger partial charge in [-0.05, 0) is 66.3 Å². The number of hydrogen-bond donors (Lipinski definition) is 0. The number of fused-ring (bicyclic) bond motifs is 8. The summed E-state index contributed by atoms with van der Waals surface area (Å²) in [4.78, 5) is 24.3. The minimum atomic E-state index is -0.648. The van der Waals surface area contributed by atoms with Crippen molar-refractivity contribution in [1.82, 2.24) is 9.97 Å². The Morgan fingerprint density at radius 3 is 1.70 bits per heavy atom. The highest BCUT2D eigenvalue weighted by atomic mass is 16.5. The van der Waals surface area contributed by atoms with E-state index in [1.54, 1.807) is 0 Å². The molecule has 0 spiro atoms. The van der Waals surface area contributed by atoms with Gasteiger partial charge in [-0.15, -0.1) is 0 Å². The van der Waals surface area contributed by atoms with Crippen LogP contribution in [0.5, 0.6) is 0 Å². The van der Waals surface area contributed by atoms with Crippen LogP contribution in [0.3, 0.4) is 0 Å². The summed E-state index contributed by atoms with van der Waals surface area (Å²) in [5.74, 6) is -0.182. The van der Waals surface area contributed by atoms with Crippen molar-refractivity contribution in [2.45, 2.75) is 50.4 Å². The maximum absolute atomic E-state index is 13.7. The zero-order valence-corrected chi connectivity index (χ0v) is 25.1. The first-order valence-corrected chi connectivity index (χ1v) is 15.7. The van der Waals surface area contributed by atoms with E-state index in [2.05, 4.69) is 110 Å². The number of pyridine rings is 2. The van der Waals surface area contributed by atoms with E-state index in [0.29, 0.717) is 13.0 Å². The Kier molecular flexibility index (Phi) is 6.16. The standard InChI is InChI=1S/C40H34N2O2/c1-3-21-39(30-17-9-7-15-28(30)37-32(39)22-26-13-5-11-19-34(26)41-37)25-40(24-36(43)44-4-2)31-18-10-8-16-29(31)38-33(40)23-27-14-6-12-20-35(27)42-38/h5-20,22-23H,3-4,21,24-25H2,1-2H3/t39-,40+/m1/s1. The number of carbonyl (C=O) groups excluding carboxylic acids is 1. The van der Waals surface area contributed by atoms with Gasteiger partial charge in [-0.25, -0.2) is 9.97 Å². The second-order valence-electron chi connectivity index (χ2n) is 12.3. The molecule has 216 valence electrons. The summed E-state index contributed by atoms with van der Waals surface area (Å²) >= 11 is 0. The molecule has 0 fully saturated rings. The largest absolute Gasteiger partial charge is 0.466 e. The quantitative estimate of drug-likeness (QED) is 0.178. The zero-order chi connectivity index (χ0) is 29.9. The molecule has 8 rings (SSSR count). The van der Waals surface area contributed by atoms with Crippen LogP contribution in [0.25, 0.3) is 44.3 Å². The number of para-hydroxylation sites is 2. The normalized spacial score (nSPS) is 19.4. The number of ether oxygens (including phenoxy) is 1. The molecule has 0 unspecified atom stereocenters. The molecular weight excluding hydrogens is 540 g/mol. The molecule has 2 atom stereocenters. The van der Waals surface area contributed by atoms with Crippen molar-refractivity contribution in [2.24, 2.45) is 0 Å². The van der Waals surface area contributed by atoms with Crippen LogP contribution in [0.4, 0.5) is 0 Å². The third-order valence-corrected chi connectivity index (χ3v) is 9.91. The van der Waals surface area contributed by atoms with Gasteiger partial charge < -0.3 is 4.74 Å². The Balaban J connectivity index is 1.45. The highest BCUT2D eigenvalue weighted by Gasteiger charge is 2.54. The van der Waals surface area contributed by atoms with E-state index in [4.69, 9.17) is 14.7 Å². The van der Waals surface area contributed by atoms with Gasteiger partial charge in [-0.2, -0.15) is 0 Å². The Hall–Kier alpha value is -4.83. The van der Waals surface area contributed by atoms with Crippen LogP contribution in [0, 0.1) is 0 Å². The van der Waals surface area contributed by atoms with Gasteiger partial charge in [0.25, 0.3) is 0 Å². The van der Waals surface area contributed by atoms with Gasteiger partial charge >= 0.3 is 5.97 Å². The Labute approximate surface area is 257 Å². The van der Waals surface area contributed by atoms with E-state index in [1.165, 1.54) is 16.7 Å². The molecular formula is C40H34N2O2. The SMILES string of the molecule is CCC[C@@]1(C[C@@]2(CC(=O)OCC)c3ccccc3-c3nc4ccccc4cc32)c2ccccc2-c2nc3ccccc3cc21. The summed E-state index contributed by atoms with van der Waals surface area (Å²) in [6.45, 7) is 4.50. The van der Waals surface area contributed by atoms with E-state index in [-0.39, 0.29) is 17.8 Å². The lowest BCUT2D eigenvalue weighted by molar-refractivity contribution is -0.144. The van der Waals surface area contributed by atoms with Gasteiger partial charge in [-0.3, -0.25) is 4.79 Å². The van der Waals surface area contributed by atoms with Crippen LogP contribution >= 0.6 is 0 Å². The molecule has 4 aromatic carbocycles. The van der Waals surface area contributed by atoms with E-state index in [9.17, 15) is 4.79 Å². The average Bonchev–Trinajstić information content (AvgIpc) is 3.45. The predicted octanol–water partition coefficient (Wildman–Crippen LogP) is 9.16. The van der Waals surface area contributed by atoms with Crippen molar-refractivity contribution in [3.63, 3.8) is 0 Å². The molecule has 0 saturated heterocycles. The smallest absolute Gasteiger partial charge is 0.307 e. The van der Waals surface area contributed by atoms with Crippen LogP contribution in [0.1, 0.15) is 61.8 Å². The van der Waals surface area contributed by atoms with Crippen molar-refractivity contribution in [3.8, 4) is 22.5 Å². The molecule has 0 radical (unpaired) electrons. The molecule has 44 heavy (non-hydrogen) atoms. The van der Waals surface area contributed by atoms with Gasteiger partial charge in [0, 0.05) is 32.7 Å².